The molecular weight excluding hydrogens is 324 g/mol. The van der Waals surface area contributed by atoms with E-state index in [0.29, 0.717) is 17.7 Å². The highest BCUT2D eigenvalue weighted by Gasteiger charge is 2.36. The van der Waals surface area contributed by atoms with Crippen LogP contribution in [0, 0.1) is 0 Å². The third-order valence-electron chi connectivity index (χ3n) is 4.00. The van der Waals surface area contributed by atoms with Crippen LogP contribution in [0.25, 0.3) is 0 Å². The zero-order valence-corrected chi connectivity index (χ0v) is 14.3. The number of carbonyl (C=O) groups excluding carboxylic acids is 2. The fraction of sp³-hybridized carbons (Fsp3) is 0.389. The number of carboxylic acids is 1. The van der Waals surface area contributed by atoms with Crippen molar-refractivity contribution in [3.05, 3.63) is 47.2 Å². The summed E-state index contributed by atoms with van der Waals surface area (Å²) in [5.74, 6) is -1.41. The van der Waals surface area contributed by atoms with Gasteiger partial charge in [-0.15, -0.1) is 0 Å². The maximum Gasteiger partial charge on any atom is 0.338 e. The van der Waals surface area contributed by atoms with E-state index < -0.39 is 18.0 Å². The highest BCUT2D eigenvalue weighted by atomic mass is 16.5. The van der Waals surface area contributed by atoms with Crippen molar-refractivity contribution < 1.29 is 24.2 Å². The smallest absolute Gasteiger partial charge is 0.338 e. The molecule has 0 spiro atoms. The lowest BCUT2D eigenvalue weighted by atomic mass is 9.95. The van der Waals surface area contributed by atoms with Gasteiger partial charge in [-0.2, -0.15) is 0 Å². The number of nitrogens with one attached hydrogen (secondary N) is 1. The van der Waals surface area contributed by atoms with Gasteiger partial charge < -0.3 is 15.2 Å². The molecule has 2 amide bonds. The molecule has 0 unspecified atom stereocenters. The molecule has 1 aliphatic heterocycles. The Bertz CT molecular complexity index is 684. The van der Waals surface area contributed by atoms with E-state index in [1.54, 1.807) is 13.8 Å². The molecule has 0 aliphatic carbocycles. The summed E-state index contributed by atoms with van der Waals surface area (Å²) in [7, 11) is 0. The second-order valence-electron chi connectivity index (χ2n) is 5.66. The second-order valence-corrected chi connectivity index (χ2v) is 5.66. The van der Waals surface area contributed by atoms with Crippen LogP contribution in [0.2, 0.25) is 0 Å². The van der Waals surface area contributed by atoms with Crippen molar-refractivity contribution in [2.45, 2.75) is 32.7 Å². The van der Waals surface area contributed by atoms with Crippen LogP contribution in [0.5, 0.6) is 0 Å². The predicted molar refractivity (Wildman–Crippen MR) is 90.6 cm³/mol. The standard InChI is InChI=1S/C18H22N2O5/c1-3-25-17(23)15-12(2)20(11-7-10-14(21)22)18(24)19-16(15)13-8-5-4-6-9-13/h4-6,8-9,16H,3,7,10-11H2,1-2H3,(H,19,24)(H,21,22)/t16-/m1/s1. The molecule has 1 heterocycles. The molecule has 0 radical (unpaired) electrons. The van der Waals surface area contributed by atoms with Crippen molar-refractivity contribution in [3.8, 4) is 0 Å². The molecule has 7 heteroatoms. The molecule has 1 aromatic carbocycles. The number of hydrogen-bond acceptors (Lipinski definition) is 4. The summed E-state index contributed by atoms with van der Waals surface area (Å²) in [6, 6.07) is 8.23. The number of hydrogen-bond donors (Lipinski definition) is 2. The third-order valence-corrected chi connectivity index (χ3v) is 4.00. The molecule has 0 bridgehead atoms. The summed E-state index contributed by atoms with van der Waals surface area (Å²) < 4.78 is 5.16. The average Bonchev–Trinajstić information content (AvgIpc) is 2.58. The quantitative estimate of drug-likeness (QED) is 0.739. The molecule has 134 valence electrons. The number of rotatable bonds is 7. The maximum atomic E-state index is 12.5. The molecule has 7 nitrogen and oxygen atoms in total. The number of urea groups is 1. The number of benzene rings is 1. The molecule has 1 atom stereocenters. The van der Waals surface area contributed by atoms with Crippen LogP contribution >= 0.6 is 0 Å². The number of allylic oxidation sites excluding steroid dienone is 1. The maximum absolute atomic E-state index is 12.5. The fourth-order valence-corrected chi connectivity index (χ4v) is 2.81. The van der Waals surface area contributed by atoms with E-state index in [4.69, 9.17) is 9.84 Å². The number of carbonyl (C=O) groups is 3. The van der Waals surface area contributed by atoms with Crippen LogP contribution in [0.1, 0.15) is 38.3 Å². The highest BCUT2D eigenvalue weighted by Crippen LogP contribution is 2.31. The Hall–Kier alpha value is -2.83. The van der Waals surface area contributed by atoms with E-state index in [1.165, 1.54) is 4.90 Å². The van der Waals surface area contributed by atoms with E-state index >= 15 is 0 Å². The van der Waals surface area contributed by atoms with E-state index in [9.17, 15) is 14.4 Å². The van der Waals surface area contributed by atoms with Gasteiger partial charge in [-0.05, 0) is 25.8 Å². The number of ether oxygens (including phenoxy) is 1. The van der Waals surface area contributed by atoms with E-state index in [0.717, 1.165) is 5.56 Å². The van der Waals surface area contributed by atoms with Crippen LogP contribution in [0.15, 0.2) is 41.6 Å². The molecular formula is C18H22N2O5. The SMILES string of the molecule is CCOC(=O)C1=C(C)N(CCCC(=O)O)C(=O)N[C@@H]1c1ccccc1. The van der Waals surface area contributed by atoms with Gasteiger partial charge >= 0.3 is 18.0 Å². The lowest BCUT2D eigenvalue weighted by Gasteiger charge is -2.35. The first-order valence-corrected chi connectivity index (χ1v) is 8.18. The number of amides is 2. The molecule has 25 heavy (non-hydrogen) atoms. The lowest BCUT2D eigenvalue weighted by Crippen LogP contribution is -2.48. The van der Waals surface area contributed by atoms with Gasteiger partial charge in [-0.25, -0.2) is 9.59 Å². The van der Waals surface area contributed by atoms with Crippen molar-refractivity contribution in [1.29, 1.82) is 0 Å². The first-order valence-electron chi connectivity index (χ1n) is 8.18. The molecule has 1 aliphatic rings. The fourth-order valence-electron chi connectivity index (χ4n) is 2.81. The summed E-state index contributed by atoms with van der Waals surface area (Å²) >= 11 is 0. The van der Waals surface area contributed by atoms with Crippen LogP contribution < -0.4 is 5.32 Å². The number of aliphatic carboxylic acids is 1. The van der Waals surface area contributed by atoms with Crippen molar-refractivity contribution >= 4 is 18.0 Å². The summed E-state index contributed by atoms with van der Waals surface area (Å²) in [5, 5.41) is 11.6. The topological polar surface area (TPSA) is 95.9 Å². The summed E-state index contributed by atoms with van der Waals surface area (Å²) in [6.45, 7) is 3.84. The Morgan fingerprint density at radius 1 is 1.28 bits per heavy atom. The highest BCUT2D eigenvalue weighted by molar-refractivity contribution is 5.95. The first kappa shape index (κ1) is 18.5. The van der Waals surface area contributed by atoms with Crippen LogP contribution in [-0.2, 0) is 14.3 Å². The van der Waals surface area contributed by atoms with E-state index in [2.05, 4.69) is 5.32 Å². The van der Waals surface area contributed by atoms with E-state index in [1.807, 2.05) is 30.3 Å². The summed E-state index contributed by atoms with van der Waals surface area (Å²) in [6.07, 6.45) is 0.250. The van der Waals surface area contributed by atoms with Gasteiger partial charge in [0.05, 0.1) is 18.2 Å². The monoisotopic (exact) mass is 346 g/mol. The van der Waals surface area contributed by atoms with Crippen LogP contribution in [0.3, 0.4) is 0 Å². The minimum absolute atomic E-state index is 0.0477. The Morgan fingerprint density at radius 2 is 1.96 bits per heavy atom. The van der Waals surface area contributed by atoms with Gasteiger partial charge in [0, 0.05) is 18.7 Å². The molecule has 2 rings (SSSR count). The largest absolute Gasteiger partial charge is 0.481 e. The minimum Gasteiger partial charge on any atom is -0.481 e. The van der Waals surface area contributed by atoms with E-state index in [-0.39, 0.29) is 25.6 Å². The van der Waals surface area contributed by atoms with Crippen molar-refractivity contribution in [3.63, 3.8) is 0 Å². The molecule has 0 saturated carbocycles. The summed E-state index contributed by atoms with van der Waals surface area (Å²) in [5.41, 5.74) is 1.63. The third kappa shape index (κ3) is 4.37. The molecule has 0 fully saturated rings. The Kier molecular flexibility index (Phi) is 6.16. The molecule has 0 aromatic heterocycles. The zero-order valence-electron chi connectivity index (χ0n) is 14.3. The Balaban J connectivity index is 2.36. The van der Waals surface area contributed by atoms with Crippen molar-refractivity contribution in [1.82, 2.24) is 10.2 Å². The van der Waals surface area contributed by atoms with Gasteiger partial charge in [0.2, 0.25) is 0 Å². The van der Waals surface area contributed by atoms with Gasteiger partial charge in [-0.1, -0.05) is 30.3 Å². The van der Waals surface area contributed by atoms with Gasteiger partial charge in [-0.3, -0.25) is 9.69 Å². The van der Waals surface area contributed by atoms with Crippen LogP contribution in [-0.4, -0.2) is 41.1 Å². The number of nitrogens with zero attached hydrogens (tertiary/aromatic N) is 1. The predicted octanol–water partition coefficient (Wildman–Crippen LogP) is 2.45. The minimum atomic E-state index is -0.924. The van der Waals surface area contributed by atoms with Gasteiger partial charge in [0.1, 0.15) is 0 Å². The average molecular weight is 346 g/mol. The molecule has 0 saturated heterocycles. The Morgan fingerprint density at radius 3 is 2.56 bits per heavy atom. The van der Waals surface area contributed by atoms with Crippen LogP contribution in [0.4, 0.5) is 4.79 Å². The van der Waals surface area contributed by atoms with Gasteiger partial charge in [0.15, 0.2) is 0 Å². The normalized spacial score (nSPS) is 17.3. The number of carboxylic acid groups (broad SMARTS) is 1. The lowest BCUT2D eigenvalue weighted by molar-refractivity contribution is -0.139. The van der Waals surface area contributed by atoms with Crippen molar-refractivity contribution in [2.75, 3.05) is 13.2 Å². The first-order chi connectivity index (χ1) is 12.0. The van der Waals surface area contributed by atoms with Crippen molar-refractivity contribution in [2.24, 2.45) is 0 Å². The Labute approximate surface area is 146 Å². The number of esters is 1. The van der Waals surface area contributed by atoms with Gasteiger partial charge in [0.25, 0.3) is 0 Å². The molecule has 1 aromatic rings. The summed E-state index contributed by atoms with van der Waals surface area (Å²) in [4.78, 5) is 37.0. The molecule has 2 N–H and O–H groups in total. The zero-order chi connectivity index (χ0) is 18.4. The second kappa shape index (κ2) is 8.32.